The lowest BCUT2D eigenvalue weighted by Gasteiger charge is -2.21. The molecule has 0 saturated carbocycles. The number of rotatable bonds is 7. The Hall–Kier alpha value is -1.72. The largest absolute Gasteiger partial charge is 0.299 e. The minimum absolute atomic E-state index is 0.797. The Balaban J connectivity index is 1.62. The van der Waals surface area contributed by atoms with Crippen LogP contribution in [0.5, 0.6) is 0 Å². The molecule has 0 bridgehead atoms. The summed E-state index contributed by atoms with van der Waals surface area (Å²) in [5, 5.41) is 7.25. The monoisotopic (exact) mass is 313 g/mol. The third kappa shape index (κ3) is 4.39. The van der Waals surface area contributed by atoms with Gasteiger partial charge in [0, 0.05) is 19.5 Å². The number of hydrogen-bond donors (Lipinski definition) is 1. The van der Waals surface area contributed by atoms with Crippen LogP contribution in [0.3, 0.4) is 0 Å². The highest BCUT2D eigenvalue weighted by molar-refractivity contribution is 5.27. The van der Waals surface area contributed by atoms with Crippen LogP contribution in [0.15, 0.2) is 24.3 Å². The molecule has 0 aliphatic carbocycles. The maximum Gasteiger partial charge on any atom is 0.150 e. The van der Waals surface area contributed by atoms with Gasteiger partial charge >= 0.3 is 0 Å². The first-order chi connectivity index (χ1) is 11.2. The Bertz CT molecular complexity index is 615. The summed E-state index contributed by atoms with van der Waals surface area (Å²) in [6.07, 6.45) is 3.56. The number of nitrogens with zero attached hydrogens (tertiary/aromatic N) is 4. The van der Waals surface area contributed by atoms with Crippen LogP contribution in [0.4, 0.5) is 0 Å². The lowest BCUT2D eigenvalue weighted by Crippen LogP contribution is -2.22. The van der Waals surface area contributed by atoms with Crippen LogP contribution in [0.2, 0.25) is 0 Å². The van der Waals surface area contributed by atoms with Crippen LogP contribution in [-0.2, 0) is 26.1 Å². The third-order valence-electron chi connectivity index (χ3n) is 4.47. The molecule has 1 aliphatic heterocycles. The molecule has 1 aromatic heterocycles. The van der Waals surface area contributed by atoms with Crippen molar-refractivity contribution in [3.05, 3.63) is 47.0 Å². The van der Waals surface area contributed by atoms with Gasteiger partial charge in [0.1, 0.15) is 11.6 Å². The van der Waals surface area contributed by atoms with E-state index >= 15 is 0 Å². The Morgan fingerprint density at radius 3 is 2.57 bits per heavy atom. The van der Waals surface area contributed by atoms with Crippen LogP contribution >= 0.6 is 0 Å². The quantitative estimate of drug-likeness (QED) is 0.853. The van der Waals surface area contributed by atoms with E-state index in [-0.39, 0.29) is 0 Å². The molecule has 5 nitrogen and oxygen atoms in total. The summed E-state index contributed by atoms with van der Waals surface area (Å²) in [4.78, 5) is 9.35. The maximum absolute atomic E-state index is 4.50. The third-order valence-corrected chi connectivity index (χ3v) is 4.47. The van der Waals surface area contributed by atoms with Gasteiger partial charge in [-0.3, -0.25) is 14.9 Å². The summed E-state index contributed by atoms with van der Waals surface area (Å²) in [5.74, 6) is 1.84. The first-order valence-corrected chi connectivity index (χ1v) is 8.62. The van der Waals surface area contributed by atoms with Gasteiger partial charge in [0.25, 0.3) is 0 Å². The predicted octanol–water partition coefficient (Wildman–Crippen LogP) is 2.59. The molecule has 1 aromatic carbocycles. The van der Waals surface area contributed by atoms with Gasteiger partial charge in [0.2, 0.25) is 0 Å². The predicted molar refractivity (Wildman–Crippen MR) is 91.9 cm³/mol. The molecule has 2 aromatic rings. The molecule has 3 rings (SSSR count). The molecule has 1 fully saturated rings. The van der Waals surface area contributed by atoms with Crippen molar-refractivity contribution in [3.8, 4) is 0 Å². The van der Waals surface area contributed by atoms with Crippen molar-refractivity contribution in [2.75, 3.05) is 20.1 Å². The number of aromatic amines is 1. The van der Waals surface area contributed by atoms with Gasteiger partial charge in [-0.05, 0) is 44.1 Å². The van der Waals surface area contributed by atoms with Crippen molar-refractivity contribution in [2.24, 2.45) is 0 Å². The lowest BCUT2D eigenvalue weighted by molar-refractivity contribution is 0.301. The molecule has 0 spiro atoms. The highest BCUT2D eigenvalue weighted by Crippen LogP contribution is 2.17. The average molecular weight is 313 g/mol. The van der Waals surface area contributed by atoms with Crippen LogP contribution < -0.4 is 0 Å². The SMILES string of the molecule is CCc1n[nH]c(CN(C)Cc2ccccc2CN2CCCC2)n1. The first-order valence-electron chi connectivity index (χ1n) is 8.62. The molecule has 0 unspecified atom stereocenters. The molecule has 1 N–H and O–H groups in total. The zero-order valence-electron chi connectivity index (χ0n) is 14.3. The number of aryl methyl sites for hydroxylation is 1. The number of likely N-dealkylation sites (tertiary alicyclic amines) is 1. The van der Waals surface area contributed by atoms with Crippen LogP contribution in [0, 0.1) is 0 Å². The fourth-order valence-corrected chi connectivity index (χ4v) is 3.21. The second-order valence-electron chi connectivity index (χ2n) is 6.48. The molecular weight excluding hydrogens is 286 g/mol. The average Bonchev–Trinajstić information content (AvgIpc) is 3.21. The molecule has 2 heterocycles. The second-order valence-corrected chi connectivity index (χ2v) is 6.48. The van der Waals surface area contributed by atoms with Crippen molar-refractivity contribution in [2.45, 2.75) is 45.8 Å². The van der Waals surface area contributed by atoms with Crippen molar-refractivity contribution in [3.63, 3.8) is 0 Å². The van der Waals surface area contributed by atoms with E-state index in [1.165, 1.54) is 37.1 Å². The normalized spacial score (nSPS) is 15.6. The van der Waals surface area contributed by atoms with E-state index in [2.05, 4.69) is 63.2 Å². The van der Waals surface area contributed by atoms with E-state index < -0.39 is 0 Å². The number of H-pyrrole nitrogens is 1. The molecule has 124 valence electrons. The summed E-state index contributed by atoms with van der Waals surface area (Å²) in [6.45, 7) is 7.36. The Labute approximate surface area is 138 Å². The lowest BCUT2D eigenvalue weighted by atomic mass is 10.1. The van der Waals surface area contributed by atoms with E-state index in [1.807, 2.05) is 0 Å². The summed E-state index contributed by atoms with van der Waals surface area (Å²) in [7, 11) is 2.14. The number of hydrogen-bond acceptors (Lipinski definition) is 4. The van der Waals surface area contributed by atoms with Gasteiger partial charge in [-0.1, -0.05) is 31.2 Å². The Morgan fingerprint density at radius 1 is 1.13 bits per heavy atom. The van der Waals surface area contributed by atoms with Crippen molar-refractivity contribution in [1.29, 1.82) is 0 Å². The first kappa shape index (κ1) is 16.1. The van der Waals surface area contributed by atoms with E-state index in [0.29, 0.717) is 0 Å². The standard InChI is InChI=1S/C18H27N5/c1-3-17-19-18(21-20-17)14-22(2)12-15-8-4-5-9-16(15)13-23-10-6-7-11-23/h4-5,8-9H,3,6-7,10-14H2,1-2H3,(H,19,20,21). The summed E-state index contributed by atoms with van der Waals surface area (Å²) >= 11 is 0. The smallest absolute Gasteiger partial charge is 0.150 e. The van der Waals surface area contributed by atoms with Crippen LogP contribution in [0.25, 0.3) is 0 Å². The Morgan fingerprint density at radius 2 is 1.87 bits per heavy atom. The fourth-order valence-electron chi connectivity index (χ4n) is 3.21. The van der Waals surface area contributed by atoms with Gasteiger partial charge in [-0.15, -0.1) is 0 Å². The van der Waals surface area contributed by atoms with Crippen molar-refractivity contribution < 1.29 is 0 Å². The van der Waals surface area contributed by atoms with E-state index in [9.17, 15) is 0 Å². The number of aromatic nitrogens is 3. The van der Waals surface area contributed by atoms with E-state index in [1.54, 1.807) is 0 Å². The number of benzene rings is 1. The van der Waals surface area contributed by atoms with Gasteiger partial charge in [0.15, 0.2) is 0 Å². The van der Waals surface area contributed by atoms with Gasteiger partial charge in [-0.2, -0.15) is 5.10 Å². The molecule has 1 saturated heterocycles. The Kier molecular flexibility index (Phi) is 5.41. The highest BCUT2D eigenvalue weighted by atomic mass is 15.2. The molecule has 0 amide bonds. The van der Waals surface area contributed by atoms with Gasteiger partial charge in [-0.25, -0.2) is 4.98 Å². The van der Waals surface area contributed by atoms with Crippen LogP contribution in [0.1, 0.15) is 42.5 Å². The number of nitrogens with one attached hydrogen (secondary N) is 1. The summed E-state index contributed by atoms with van der Waals surface area (Å²) < 4.78 is 0. The zero-order chi connectivity index (χ0) is 16.1. The zero-order valence-corrected chi connectivity index (χ0v) is 14.3. The van der Waals surface area contributed by atoms with Crippen molar-refractivity contribution in [1.82, 2.24) is 25.0 Å². The van der Waals surface area contributed by atoms with E-state index in [4.69, 9.17) is 0 Å². The highest BCUT2D eigenvalue weighted by Gasteiger charge is 2.14. The molecule has 23 heavy (non-hydrogen) atoms. The molecule has 0 radical (unpaired) electrons. The van der Waals surface area contributed by atoms with E-state index in [0.717, 1.165) is 37.7 Å². The minimum Gasteiger partial charge on any atom is -0.299 e. The minimum atomic E-state index is 0.797. The van der Waals surface area contributed by atoms with Gasteiger partial charge in [0.05, 0.1) is 6.54 Å². The van der Waals surface area contributed by atoms with Gasteiger partial charge < -0.3 is 0 Å². The molecule has 1 aliphatic rings. The molecule has 5 heteroatoms. The fraction of sp³-hybridized carbons (Fsp3) is 0.556. The van der Waals surface area contributed by atoms with Crippen LogP contribution in [-0.4, -0.2) is 45.1 Å². The van der Waals surface area contributed by atoms with Crippen molar-refractivity contribution >= 4 is 0 Å². The molecule has 0 atom stereocenters. The summed E-state index contributed by atoms with van der Waals surface area (Å²) in [6, 6.07) is 8.81. The summed E-state index contributed by atoms with van der Waals surface area (Å²) in [5.41, 5.74) is 2.87. The molecular formula is C18H27N5. The topological polar surface area (TPSA) is 48.1 Å². The second kappa shape index (κ2) is 7.70. The maximum atomic E-state index is 4.50.